The summed E-state index contributed by atoms with van der Waals surface area (Å²) in [6, 6.07) is 4.00. The highest BCUT2D eigenvalue weighted by atomic mass is 35.5. The third-order valence-corrected chi connectivity index (χ3v) is 5.37. The first kappa shape index (κ1) is 18.6. The number of hydrogen-bond acceptors (Lipinski definition) is 5. The van der Waals surface area contributed by atoms with Gasteiger partial charge in [0, 0.05) is 29.5 Å². The number of halogens is 2. The molecule has 5 rings (SSSR count). The minimum absolute atomic E-state index is 0.00551. The zero-order valence-electron chi connectivity index (χ0n) is 15.1. The van der Waals surface area contributed by atoms with Crippen molar-refractivity contribution in [3.05, 3.63) is 52.8 Å². The molecule has 3 aliphatic carbocycles. The first-order valence-electron chi connectivity index (χ1n) is 8.78. The summed E-state index contributed by atoms with van der Waals surface area (Å²) in [7, 11) is 0. The number of amides is 2. The van der Waals surface area contributed by atoms with Crippen molar-refractivity contribution in [2.45, 2.75) is 37.3 Å². The van der Waals surface area contributed by atoms with Crippen LogP contribution in [0.1, 0.15) is 35.4 Å². The summed E-state index contributed by atoms with van der Waals surface area (Å²) in [5.74, 6) is -0.840. The highest BCUT2D eigenvalue weighted by molar-refractivity contribution is 6.30. The average Bonchev–Trinajstić information content (AvgIpc) is 2.60. The van der Waals surface area contributed by atoms with Crippen molar-refractivity contribution in [3.63, 3.8) is 0 Å². The Morgan fingerprint density at radius 2 is 1.82 bits per heavy atom. The van der Waals surface area contributed by atoms with E-state index in [-0.39, 0.29) is 46.1 Å². The Morgan fingerprint density at radius 1 is 1.18 bits per heavy atom. The summed E-state index contributed by atoms with van der Waals surface area (Å²) < 4.78 is 18.7. The number of hydrogen-bond donors (Lipinski definition) is 2. The summed E-state index contributed by atoms with van der Waals surface area (Å²) in [4.78, 5) is 32.4. The van der Waals surface area contributed by atoms with Crippen LogP contribution < -0.4 is 15.4 Å². The Bertz CT molecular complexity index is 931. The van der Waals surface area contributed by atoms with Crippen molar-refractivity contribution < 1.29 is 18.7 Å². The van der Waals surface area contributed by atoms with Gasteiger partial charge in [0.1, 0.15) is 11.6 Å². The zero-order chi connectivity index (χ0) is 19.9. The van der Waals surface area contributed by atoms with Crippen molar-refractivity contribution in [3.8, 4) is 5.75 Å². The molecule has 3 saturated carbocycles. The first-order valence-corrected chi connectivity index (χ1v) is 9.16. The fourth-order valence-electron chi connectivity index (χ4n) is 3.91. The smallest absolute Gasteiger partial charge is 0.289 e. The molecule has 0 aliphatic heterocycles. The molecule has 0 radical (unpaired) electrons. The third kappa shape index (κ3) is 3.52. The number of nitrogens with zero attached hydrogens (tertiary/aromatic N) is 2. The van der Waals surface area contributed by atoms with Gasteiger partial charge < -0.3 is 15.4 Å². The zero-order valence-corrected chi connectivity index (χ0v) is 15.8. The molecule has 0 unspecified atom stereocenters. The number of carbonyl (C=O) groups is 2. The second-order valence-electron chi connectivity index (χ2n) is 7.54. The average molecular weight is 405 g/mol. The third-order valence-electron chi connectivity index (χ3n) is 5.06. The number of carbonyl (C=O) groups excluding carboxylic acids is 2. The predicted octanol–water partition coefficient (Wildman–Crippen LogP) is 2.18. The predicted molar refractivity (Wildman–Crippen MR) is 98.6 cm³/mol. The lowest BCUT2D eigenvalue weighted by molar-refractivity contribution is -0.141. The molecule has 1 heterocycles. The number of aryl methyl sites for hydroxylation is 1. The van der Waals surface area contributed by atoms with Gasteiger partial charge in [-0.3, -0.25) is 9.59 Å². The Balaban J connectivity index is 1.24. The summed E-state index contributed by atoms with van der Waals surface area (Å²) in [6.45, 7) is 1.63. The number of aromatic nitrogens is 2. The van der Waals surface area contributed by atoms with Crippen LogP contribution in [0.4, 0.5) is 4.39 Å². The SMILES string of the molecule is Cc1cnc(C(=O)NC23CC(NC(=O)COc4ccc(Cl)c(F)c4)(C2)C3)nc1. The summed E-state index contributed by atoms with van der Waals surface area (Å²) in [5.41, 5.74) is 0.263. The highest BCUT2D eigenvalue weighted by Gasteiger charge is 2.69. The van der Waals surface area contributed by atoms with Crippen LogP contribution in [0.2, 0.25) is 5.02 Å². The fourth-order valence-corrected chi connectivity index (χ4v) is 4.02. The molecule has 0 atom stereocenters. The van der Waals surface area contributed by atoms with E-state index in [1.807, 2.05) is 6.92 Å². The van der Waals surface area contributed by atoms with Crippen LogP contribution in [-0.4, -0.2) is 39.5 Å². The van der Waals surface area contributed by atoms with E-state index in [1.165, 1.54) is 12.1 Å². The van der Waals surface area contributed by atoms with Gasteiger partial charge in [0.15, 0.2) is 6.61 Å². The lowest BCUT2D eigenvalue weighted by Crippen LogP contribution is -2.84. The molecule has 2 aromatic rings. The van der Waals surface area contributed by atoms with E-state index in [2.05, 4.69) is 20.6 Å². The van der Waals surface area contributed by atoms with E-state index in [0.717, 1.165) is 11.6 Å². The van der Waals surface area contributed by atoms with E-state index < -0.39 is 5.82 Å². The van der Waals surface area contributed by atoms with Crippen LogP contribution in [-0.2, 0) is 4.79 Å². The van der Waals surface area contributed by atoms with Crippen molar-refractivity contribution in [2.75, 3.05) is 6.61 Å². The van der Waals surface area contributed by atoms with Crippen molar-refractivity contribution in [1.82, 2.24) is 20.6 Å². The van der Waals surface area contributed by atoms with E-state index >= 15 is 0 Å². The maximum absolute atomic E-state index is 13.4. The number of benzene rings is 1. The lowest BCUT2D eigenvalue weighted by atomic mass is 9.44. The molecule has 2 amide bonds. The molecule has 0 saturated heterocycles. The van der Waals surface area contributed by atoms with Crippen molar-refractivity contribution in [1.29, 1.82) is 0 Å². The number of rotatable bonds is 6. The maximum Gasteiger partial charge on any atom is 0.289 e. The molecule has 3 aliphatic rings. The van der Waals surface area contributed by atoms with E-state index in [0.29, 0.717) is 19.3 Å². The second kappa shape index (κ2) is 6.70. The first-order chi connectivity index (χ1) is 13.3. The van der Waals surface area contributed by atoms with E-state index in [1.54, 1.807) is 12.4 Å². The molecular formula is C19H18ClFN4O3. The Labute approximate surface area is 165 Å². The van der Waals surface area contributed by atoms with Gasteiger partial charge in [-0.15, -0.1) is 0 Å². The summed E-state index contributed by atoms with van der Waals surface area (Å²) >= 11 is 5.61. The van der Waals surface area contributed by atoms with Gasteiger partial charge >= 0.3 is 0 Å². The maximum atomic E-state index is 13.4. The second-order valence-corrected chi connectivity index (χ2v) is 7.95. The lowest BCUT2D eigenvalue weighted by Gasteiger charge is -2.70. The molecule has 2 bridgehead atoms. The minimum Gasteiger partial charge on any atom is -0.484 e. The largest absolute Gasteiger partial charge is 0.484 e. The van der Waals surface area contributed by atoms with Crippen molar-refractivity contribution in [2.24, 2.45) is 0 Å². The Morgan fingerprint density at radius 3 is 2.46 bits per heavy atom. The molecule has 28 heavy (non-hydrogen) atoms. The van der Waals surface area contributed by atoms with Crippen LogP contribution in [0.3, 0.4) is 0 Å². The molecule has 146 valence electrons. The summed E-state index contributed by atoms with van der Waals surface area (Å²) in [6.07, 6.45) is 5.15. The van der Waals surface area contributed by atoms with E-state index in [9.17, 15) is 14.0 Å². The molecule has 7 nitrogen and oxygen atoms in total. The molecule has 3 fully saturated rings. The molecule has 1 aromatic heterocycles. The van der Waals surface area contributed by atoms with Crippen molar-refractivity contribution >= 4 is 23.4 Å². The number of ether oxygens (including phenoxy) is 1. The Kier molecular flexibility index (Phi) is 4.45. The number of nitrogens with one attached hydrogen (secondary N) is 2. The minimum atomic E-state index is -0.603. The monoisotopic (exact) mass is 404 g/mol. The fraction of sp³-hybridized carbons (Fsp3) is 0.368. The molecular weight excluding hydrogens is 387 g/mol. The molecule has 0 spiro atoms. The van der Waals surface area contributed by atoms with Gasteiger partial charge in [-0.2, -0.15) is 0 Å². The van der Waals surface area contributed by atoms with Crippen LogP contribution >= 0.6 is 11.6 Å². The summed E-state index contributed by atoms with van der Waals surface area (Å²) in [5, 5.41) is 5.89. The quantitative estimate of drug-likeness (QED) is 0.769. The van der Waals surface area contributed by atoms with Crippen LogP contribution in [0, 0.1) is 12.7 Å². The van der Waals surface area contributed by atoms with Gasteiger partial charge in [0.25, 0.3) is 11.8 Å². The molecule has 1 aromatic carbocycles. The standard InChI is InChI=1S/C19H18ClFN4O3/c1-11-5-22-16(23-6-11)17(27)25-19-8-18(9-19,10-19)24-15(26)7-28-12-2-3-13(20)14(21)4-12/h2-6H,7-10H2,1H3,(H,24,26)(H,25,27). The van der Waals surface area contributed by atoms with E-state index in [4.69, 9.17) is 16.3 Å². The molecule has 2 N–H and O–H groups in total. The van der Waals surface area contributed by atoms with Gasteiger partial charge in [-0.25, -0.2) is 14.4 Å². The van der Waals surface area contributed by atoms with Gasteiger partial charge in [0.2, 0.25) is 5.82 Å². The van der Waals surface area contributed by atoms with Gasteiger partial charge in [0.05, 0.1) is 5.02 Å². The van der Waals surface area contributed by atoms with Crippen LogP contribution in [0.25, 0.3) is 0 Å². The highest BCUT2D eigenvalue weighted by Crippen LogP contribution is 2.60. The van der Waals surface area contributed by atoms with Gasteiger partial charge in [-0.05, 0) is 43.9 Å². The van der Waals surface area contributed by atoms with Crippen LogP contribution in [0.5, 0.6) is 5.75 Å². The van der Waals surface area contributed by atoms with Gasteiger partial charge in [-0.1, -0.05) is 11.6 Å². The molecule has 9 heteroatoms. The Hall–Kier alpha value is -2.74. The van der Waals surface area contributed by atoms with Crippen LogP contribution in [0.15, 0.2) is 30.6 Å². The topological polar surface area (TPSA) is 93.2 Å². The normalized spacial score (nSPS) is 24.5.